The fraction of sp³-hybridized carbons (Fsp3) is 0.571. The van der Waals surface area contributed by atoms with E-state index in [0.717, 1.165) is 26.2 Å². The first-order chi connectivity index (χ1) is 9.76. The summed E-state index contributed by atoms with van der Waals surface area (Å²) in [5.41, 5.74) is -0.620. The summed E-state index contributed by atoms with van der Waals surface area (Å²) in [6.45, 7) is 7.32. The third-order valence-corrected chi connectivity index (χ3v) is 3.63. The van der Waals surface area contributed by atoms with Gasteiger partial charge in [0, 0.05) is 38.9 Å². The van der Waals surface area contributed by atoms with E-state index in [2.05, 4.69) is 9.88 Å². The molecule has 0 bridgehead atoms. The molecule has 0 atom stereocenters. The Morgan fingerprint density at radius 2 is 2.00 bits per heavy atom. The Kier molecular flexibility index (Phi) is 4.70. The lowest BCUT2D eigenvalue weighted by Gasteiger charge is -2.38. The van der Waals surface area contributed by atoms with Crippen LogP contribution >= 0.6 is 11.6 Å². The minimum atomic E-state index is -1.04. The van der Waals surface area contributed by atoms with E-state index in [1.807, 2.05) is 4.90 Å². The number of piperazine rings is 1. The molecular formula is C14H20ClN3O3. The molecule has 2 N–H and O–H groups in total. The van der Waals surface area contributed by atoms with E-state index in [-0.39, 0.29) is 5.56 Å². The maximum atomic E-state index is 10.9. The Labute approximate surface area is 129 Å². The largest absolute Gasteiger partial charge is 0.478 e. The first kappa shape index (κ1) is 16.0. The van der Waals surface area contributed by atoms with E-state index >= 15 is 0 Å². The third-order valence-electron chi connectivity index (χ3n) is 3.35. The highest BCUT2D eigenvalue weighted by molar-refractivity contribution is 6.33. The van der Waals surface area contributed by atoms with Crippen molar-refractivity contribution in [3.05, 3.63) is 22.8 Å². The second kappa shape index (κ2) is 6.17. The maximum absolute atomic E-state index is 10.9. The quantitative estimate of drug-likeness (QED) is 0.873. The van der Waals surface area contributed by atoms with E-state index in [4.69, 9.17) is 16.7 Å². The molecule has 0 saturated carbocycles. The third kappa shape index (κ3) is 4.30. The first-order valence-electron chi connectivity index (χ1n) is 6.85. The molecular weight excluding hydrogens is 294 g/mol. The Bertz CT molecular complexity index is 523. The van der Waals surface area contributed by atoms with Gasteiger partial charge in [-0.3, -0.25) is 4.90 Å². The van der Waals surface area contributed by atoms with Crippen LogP contribution in [0, 0.1) is 0 Å². The maximum Gasteiger partial charge on any atom is 0.337 e. The predicted octanol–water partition coefficient (Wildman–Crippen LogP) is 1.33. The van der Waals surface area contributed by atoms with Gasteiger partial charge in [-0.05, 0) is 19.9 Å². The number of anilines is 1. The number of carboxylic acid groups (broad SMARTS) is 1. The second-order valence-corrected chi connectivity index (χ2v) is 6.32. The van der Waals surface area contributed by atoms with Crippen molar-refractivity contribution in [3.63, 3.8) is 0 Å². The number of carbonyl (C=O) groups is 1. The number of rotatable bonds is 4. The summed E-state index contributed by atoms with van der Waals surface area (Å²) in [6, 6.07) is 1.43. The van der Waals surface area contributed by atoms with Gasteiger partial charge < -0.3 is 15.1 Å². The van der Waals surface area contributed by atoms with Crippen molar-refractivity contribution in [2.75, 3.05) is 37.6 Å². The summed E-state index contributed by atoms with van der Waals surface area (Å²) in [5.74, 6) is -0.421. The molecule has 0 amide bonds. The summed E-state index contributed by atoms with van der Waals surface area (Å²) in [5, 5.41) is 19.1. The molecule has 2 heterocycles. The highest BCUT2D eigenvalue weighted by Crippen LogP contribution is 2.25. The number of pyridine rings is 1. The van der Waals surface area contributed by atoms with Crippen molar-refractivity contribution in [2.24, 2.45) is 0 Å². The molecule has 0 aliphatic carbocycles. The van der Waals surface area contributed by atoms with Crippen molar-refractivity contribution >= 4 is 23.4 Å². The van der Waals surface area contributed by atoms with Crippen LogP contribution in [0.25, 0.3) is 0 Å². The number of hydrogen-bond donors (Lipinski definition) is 2. The number of β-amino-alcohol motifs (C(OH)–C–C–N with tert-alkyl or cyclic N) is 1. The van der Waals surface area contributed by atoms with Gasteiger partial charge in [0.2, 0.25) is 0 Å². The van der Waals surface area contributed by atoms with Gasteiger partial charge in [0.25, 0.3) is 0 Å². The Hall–Kier alpha value is -1.37. The molecule has 0 spiro atoms. The SMILES string of the molecule is CC(C)(O)CN1CCN(c2ncc(C(=O)O)cc2Cl)CC1. The highest BCUT2D eigenvalue weighted by atomic mass is 35.5. The van der Waals surface area contributed by atoms with Gasteiger partial charge >= 0.3 is 5.97 Å². The molecule has 116 valence electrons. The van der Waals surface area contributed by atoms with Crippen LogP contribution in [0.15, 0.2) is 12.3 Å². The van der Waals surface area contributed by atoms with Crippen LogP contribution in [0.4, 0.5) is 5.82 Å². The van der Waals surface area contributed by atoms with Gasteiger partial charge in [-0.15, -0.1) is 0 Å². The summed E-state index contributed by atoms with van der Waals surface area (Å²) >= 11 is 6.13. The van der Waals surface area contributed by atoms with Crippen molar-refractivity contribution in [2.45, 2.75) is 19.4 Å². The van der Waals surface area contributed by atoms with Crippen molar-refractivity contribution in [1.82, 2.24) is 9.88 Å². The summed E-state index contributed by atoms with van der Waals surface area (Å²) in [6.07, 6.45) is 1.33. The summed E-state index contributed by atoms with van der Waals surface area (Å²) in [4.78, 5) is 19.3. The number of aromatic carboxylic acids is 1. The van der Waals surface area contributed by atoms with Crippen molar-refractivity contribution < 1.29 is 15.0 Å². The van der Waals surface area contributed by atoms with Gasteiger partial charge in [0.15, 0.2) is 0 Å². The minimum absolute atomic E-state index is 0.0874. The molecule has 1 aromatic rings. The highest BCUT2D eigenvalue weighted by Gasteiger charge is 2.24. The molecule has 0 aromatic carbocycles. The van der Waals surface area contributed by atoms with E-state index < -0.39 is 11.6 Å². The zero-order chi connectivity index (χ0) is 15.6. The predicted molar refractivity (Wildman–Crippen MR) is 81.2 cm³/mol. The zero-order valence-electron chi connectivity index (χ0n) is 12.2. The minimum Gasteiger partial charge on any atom is -0.478 e. The summed E-state index contributed by atoms with van der Waals surface area (Å²) < 4.78 is 0. The van der Waals surface area contributed by atoms with Gasteiger partial charge in [-0.25, -0.2) is 9.78 Å². The van der Waals surface area contributed by atoms with Gasteiger partial charge in [-0.1, -0.05) is 11.6 Å². The average Bonchev–Trinajstić information content (AvgIpc) is 2.38. The molecule has 1 aromatic heterocycles. The fourth-order valence-corrected chi connectivity index (χ4v) is 2.73. The number of aliphatic hydroxyl groups is 1. The molecule has 6 nitrogen and oxygen atoms in total. The lowest BCUT2D eigenvalue weighted by atomic mass is 10.1. The molecule has 21 heavy (non-hydrogen) atoms. The zero-order valence-corrected chi connectivity index (χ0v) is 13.0. The lowest BCUT2D eigenvalue weighted by molar-refractivity contribution is 0.0344. The normalized spacial score (nSPS) is 17.0. The molecule has 1 fully saturated rings. The van der Waals surface area contributed by atoms with E-state index in [1.54, 1.807) is 13.8 Å². The fourth-order valence-electron chi connectivity index (χ4n) is 2.45. The number of halogens is 1. The first-order valence-corrected chi connectivity index (χ1v) is 7.22. The van der Waals surface area contributed by atoms with Gasteiger partial charge in [0.1, 0.15) is 5.82 Å². The monoisotopic (exact) mass is 313 g/mol. The van der Waals surface area contributed by atoms with E-state index in [0.29, 0.717) is 17.4 Å². The standard InChI is InChI=1S/C14H20ClN3O3/c1-14(2,21)9-17-3-5-18(6-4-17)12-11(15)7-10(8-16-12)13(19)20/h7-8,21H,3-6,9H2,1-2H3,(H,19,20). The summed E-state index contributed by atoms with van der Waals surface area (Å²) in [7, 11) is 0. The van der Waals surface area contributed by atoms with Crippen LogP contribution < -0.4 is 4.90 Å². The Morgan fingerprint density at radius 1 is 1.38 bits per heavy atom. The smallest absolute Gasteiger partial charge is 0.337 e. The van der Waals surface area contributed by atoms with Crippen LogP contribution in [0.3, 0.4) is 0 Å². The number of nitrogens with zero attached hydrogens (tertiary/aromatic N) is 3. The van der Waals surface area contributed by atoms with Crippen molar-refractivity contribution in [1.29, 1.82) is 0 Å². The van der Waals surface area contributed by atoms with Crippen LogP contribution in [0.5, 0.6) is 0 Å². The van der Waals surface area contributed by atoms with Crippen LogP contribution in [-0.4, -0.2) is 64.4 Å². The molecule has 1 aliphatic rings. The van der Waals surface area contributed by atoms with E-state index in [1.165, 1.54) is 12.3 Å². The Balaban J connectivity index is 2.01. The van der Waals surface area contributed by atoms with Crippen LogP contribution in [0.2, 0.25) is 5.02 Å². The molecule has 0 unspecified atom stereocenters. The van der Waals surface area contributed by atoms with Crippen molar-refractivity contribution in [3.8, 4) is 0 Å². The van der Waals surface area contributed by atoms with Gasteiger partial charge in [-0.2, -0.15) is 0 Å². The number of carboxylic acids is 1. The topological polar surface area (TPSA) is 76.9 Å². The number of aromatic nitrogens is 1. The molecule has 0 radical (unpaired) electrons. The van der Waals surface area contributed by atoms with E-state index in [9.17, 15) is 9.90 Å². The molecule has 7 heteroatoms. The second-order valence-electron chi connectivity index (χ2n) is 5.91. The van der Waals surface area contributed by atoms with Gasteiger partial charge in [0.05, 0.1) is 16.2 Å². The van der Waals surface area contributed by atoms with Crippen LogP contribution in [0.1, 0.15) is 24.2 Å². The van der Waals surface area contributed by atoms with Crippen LogP contribution in [-0.2, 0) is 0 Å². The average molecular weight is 314 g/mol. The lowest BCUT2D eigenvalue weighted by Crippen LogP contribution is -2.50. The molecule has 1 aliphatic heterocycles. The molecule has 1 saturated heterocycles. The Morgan fingerprint density at radius 3 is 2.48 bits per heavy atom. The number of hydrogen-bond acceptors (Lipinski definition) is 5. The molecule has 2 rings (SSSR count).